The molecule has 0 bridgehead atoms. The van der Waals surface area contributed by atoms with Crippen LogP contribution in [-0.4, -0.2) is 26.2 Å². The average Bonchev–Trinajstić information content (AvgIpc) is 3.16. The molecule has 1 aliphatic rings. The number of hydrogen-bond acceptors (Lipinski definition) is 3. The van der Waals surface area contributed by atoms with Crippen molar-refractivity contribution in [1.29, 1.82) is 0 Å². The van der Waals surface area contributed by atoms with Crippen molar-refractivity contribution in [3.05, 3.63) is 42.6 Å². The van der Waals surface area contributed by atoms with Crippen LogP contribution in [0.4, 0.5) is 0 Å². The number of hydrogen-bond donors (Lipinski definition) is 1. The lowest BCUT2D eigenvalue weighted by Crippen LogP contribution is -2.05. The van der Waals surface area contributed by atoms with Gasteiger partial charge in [0, 0.05) is 11.8 Å². The van der Waals surface area contributed by atoms with Crippen LogP contribution in [0.1, 0.15) is 12.8 Å². The Labute approximate surface area is 106 Å². The second-order valence-electron chi connectivity index (χ2n) is 4.59. The van der Waals surface area contributed by atoms with E-state index in [0.29, 0.717) is 5.92 Å². The van der Waals surface area contributed by atoms with Crippen LogP contribution >= 0.6 is 0 Å². The molecule has 1 heterocycles. The summed E-state index contributed by atoms with van der Waals surface area (Å²) in [6.07, 6.45) is 7.07. The zero-order chi connectivity index (χ0) is 12.4. The molecule has 4 heteroatoms. The number of nitrogens with zero attached hydrogens (tertiary/aromatic N) is 3. The van der Waals surface area contributed by atoms with Gasteiger partial charge in [0.15, 0.2) is 0 Å². The zero-order valence-corrected chi connectivity index (χ0v) is 9.98. The van der Waals surface area contributed by atoms with Crippen LogP contribution in [0.25, 0.3) is 17.5 Å². The van der Waals surface area contributed by atoms with Crippen LogP contribution in [-0.2, 0) is 0 Å². The molecule has 0 amide bonds. The minimum absolute atomic E-state index is 0.365. The molecule has 3 rings (SSSR count). The Morgan fingerprint density at radius 1 is 1.28 bits per heavy atom. The van der Waals surface area contributed by atoms with E-state index in [-0.39, 0.29) is 6.10 Å². The summed E-state index contributed by atoms with van der Waals surface area (Å²) < 4.78 is 0. The molecule has 18 heavy (non-hydrogen) atoms. The summed E-state index contributed by atoms with van der Waals surface area (Å²) in [7, 11) is 0. The van der Waals surface area contributed by atoms with E-state index in [2.05, 4.69) is 10.2 Å². The number of aromatic nitrogens is 3. The molecule has 1 aromatic heterocycles. The van der Waals surface area contributed by atoms with Gasteiger partial charge in [0.05, 0.1) is 12.3 Å². The van der Waals surface area contributed by atoms with Gasteiger partial charge in [0.2, 0.25) is 0 Å². The molecular formula is C14H15N3O. The molecule has 1 atom stereocenters. The van der Waals surface area contributed by atoms with Crippen molar-refractivity contribution in [2.24, 2.45) is 5.92 Å². The summed E-state index contributed by atoms with van der Waals surface area (Å²) in [6, 6.07) is 9.91. The third kappa shape index (κ3) is 2.49. The van der Waals surface area contributed by atoms with Crippen LogP contribution in [0.3, 0.4) is 0 Å². The number of aliphatic hydroxyl groups excluding tert-OH is 1. The van der Waals surface area contributed by atoms with Crippen LogP contribution in [0.15, 0.2) is 42.6 Å². The van der Waals surface area contributed by atoms with Gasteiger partial charge >= 0.3 is 0 Å². The lowest BCUT2D eigenvalue weighted by Gasteiger charge is -2.00. The predicted octanol–water partition coefficient (Wildman–Crippen LogP) is 2.19. The summed E-state index contributed by atoms with van der Waals surface area (Å²) in [5.41, 5.74) is 1.88. The SMILES string of the molecule is OC(/C=C/n1ncc(-c2ccccc2)n1)C1CC1. The number of aliphatic hydroxyl groups is 1. The van der Waals surface area contributed by atoms with Gasteiger partial charge in [-0.2, -0.15) is 9.90 Å². The minimum Gasteiger partial charge on any atom is -0.389 e. The van der Waals surface area contributed by atoms with Gasteiger partial charge in [-0.15, -0.1) is 5.10 Å². The van der Waals surface area contributed by atoms with E-state index in [1.165, 1.54) is 4.80 Å². The first-order chi connectivity index (χ1) is 8.83. The van der Waals surface area contributed by atoms with Crippen LogP contribution < -0.4 is 0 Å². The van der Waals surface area contributed by atoms with Gasteiger partial charge in [0.25, 0.3) is 0 Å². The summed E-state index contributed by atoms with van der Waals surface area (Å²) in [5.74, 6) is 0.436. The molecule has 0 radical (unpaired) electrons. The number of benzene rings is 1. The highest BCUT2D eigenvalue weighted by molar-refractivity contribution is 5.57. The highest BCUT2D eigenvalue weighted by Gasteiger charge is 2.27. The van der Waals surface area contributed by atoms with E-state index in [0.717, 1.165) is 24.1 Å². The second-order valence-corrected chi connectivity index (χ2v) is 4.59. The fourth-order valence-electron chi connectivity index (χ4n) is 1.85. The molecule has 1 aliphatic carbocycles. The molecule has 1 saturated carbocycles. The van der Waals surface area contributed by atoms with E-state index in [9.17, 15) is 5.11 Å². The molecule has 1 N–H and O–H groups in total. The Bertz CT molecular complexity index is 543. The first-order valence-corrected chi connectivity index (χ1v) is 6.16. The van der Waals surface area contributed by atoms with E-state index in [1.54, 1.807) is 18.5 Å². The third-order valence-electron chi connectivity index (χ3n) is 3.10. The van der Waals surface area contributed by atoms with Gasteiger partial charge in [-0.3, -0.25) is 0 Å². The molecule has 2 aromatic rings. The Kier molecular flexibility index (Phi) is 2.94. The van der Waals surface area contributed by atoms with Gasteiger partial charge in [-0.25, -0.2) is 0 Å². The standard InChI is InChI=1S/C14H15N3O/c18-14(12-6-7-12)8-9-17-15-10-13(16-17)11-4-2-1-3-5-11/h1-5,8-10,12,14,18H,6-7H2/b9-8+. The first kappa shape index (κ1) is 11.2. The summed E-state index contributed by atoms with van der Waals surface area (Å²) in [5, 5.41) is 18.2. The van der Waals surface area contributed by atoms with Crippen LogP contribution in [0, 0.1) is 5.92 Å². The summed E-state index contributed by atoms with van der Waals surface area (Å²) >= 11 is 0. The van der Waals surface area contributed by atoms with Crippen molar-refractivity contribution in [3.8, 4) is 11.3 Å². The fraction of sp³-hybridized carbons (Fsp3) is 0.286. The normalized spacial score (nSPS) is 17.2. The Morgan fingerprint density at radius 3 is 2.78 bits per heavy atom. The van der Waals surface area contributed by atoms with Crippen LogP contribution in [0.2, 0.25) is 0 Å². The van der Waals surface area contributed by atoms with Crippen molar-refractivity contribution in [2.45, 2.75) is 18.9 Å². The molecule has 1 aromatic carbocycles. The molecule has 1 unspecified atom stereocenters. The quantitative estimate of drug-likeness (QED) is 0.892. The molecule has 4 nitrogen and oxygen atoms in total. The van der Waals surface area contributed by atoms with Crippen molar-refractivity contribution < 1.29 is 5.11 Å². The molecule has 1 fully saturated rings. The highest BCUT2D eigenvalue weighted by Crippen LogP contribution is 2.33. The van der Waals surface area contributed by atoms with E-state index in [1.807, 2.05) is 30.3 Å². The Morgan fingerprint density at radius 2 is 2.06 bits per heavy atom. The fourth-order valence-corrected chi connectivity index (χ4v) is 1.85. The second kappa shape index (κ2) is 4.74. The maximum Gasteiger partial charge on any atom is 0.113 e. The zero-order valence-electron chi connectivity index (χ0n) is 9.98. The Hall–Kier alpha value is -1.94. The van der Waals surface area contributed by atoms with Crippen molar-refractivity contribution in [1.82, 2.24) is 15.0 Å². The molecule has 0 spiro atoms. The molecule has 0 saturated heterocycles. The maximum atomic E-state index is 9.72. The average molecular weight is 241 g/mol. The monoisotopic (exact) mass is 241 g/mol. The first-order valence-electron chi connectivity index (χ1n) is 6.16. The lowest BCUT2D eigenvalue weighted by molar-refractivity contribution is 0.200. The van der Waals surface area contributed by atoms with Gasteiger partial charge in [-0.1, -0.05) is 30.3 Å². The third-order valence-corrected chi connectivity index (χ3v) is 3.10. The molecular weight excluding hydrogens is 226 g/mol. The Balaban J connectivity index is 1.73. The highest BCUT2D eigenvalue weighted by atomic mass is 16.3. The topological polar surface area (TPSA) is 50.9 Å². The number of rotatable bonds is 4. The van der Waals surface area contributed by atoms with E-state index < -0.39 is 0 Å². The molecule has 92 valence electrons. The largest absolute Gasteiger partial charge is 0.389 e. The van der Waals surface area contributed by atoms with Crippen LogP contribution in [0.5, 0.6) is 0 Å². The summed E-state index contributed by atoms with van der Waals surface area (Å²) in [4.78, 5) is 1.49. The predicted molar refractivity (Wildman–Crippen MR) is 69.5 cm³/mol. The van der Waals surface area contributed by atoms with Crippen molar-refractivity contribution >= 4 is 6.20 Å². The smallest absolute Gasteiger partial charge is 0.113 e. The van der Waals surface area contributed by atoms with Gasteiger partial charge < -0.3 is 5.11 Å². The van der Waals surface area contributed by atoms with E-state index in [4.69, 9.17) is 0 Å². The minimum atomic E-state index is -0.365. The van der Waals surface area contributed by atoms with Crippen molar-refractivity contribution in [3.63, 3.8) is 0 Å². The maximum absolute atomic E-state index is 9.72. The lowest BCUT2D eigenvalue weighted by atomic mass is 10.2. The summed E-state index contributed by atoms with van der Waals surface area (Å²) in [6.45, 7) is 0. The van der Waals surface area contributed by atoms with Crippen molar-refractivity contribution in [2.75, 3.05) is 0 Å². The van der Waals surface area contributed by atoms with E-state index >= 15 is 0 Å². The van der Waals surface area contributed by atoms with Gasteiger partial charge in [0.1, 0.15) is 5.69 Å². The van der Waals surface area contributed by atoms with Gasteiger partial charge in [-0.05, 0) is 24.8 Å². The molecule has 0 aliphatic heterocycles.